The van der Waals surface area contributed by atoms with Gasteiger partial charge in [0.1, 0.15) is 0 Å². The van der Waals surface area contributed by atoms with Crippen LogP contribution in [0.4, 0.5) is 11.4 Å². The average Bonchev–Trinajstić information content (AvgIpc) is 2.56. The van der Waals surface area contributed by atoms with Gasteiger partial charge in [0.15, 0.2) is 0 Å². The van der Waals surface area contributed by atoms with E-state index < -0.39 is 11.0 Å². The minimum absolute atomic E-state index is 0.0225. The number of nitro groups is 1. The van der Waals surface area contributed by atoms with E-state index in [-0.39, 0.29) is 11.6 Å². The van der Waals surface area contributed by atoms with Crippen molar-refractivity contribution < 1.29 is 9.72 Å². The first-order chi connectivity index (χ1) is 11.1. The van der Waals surface area contributed by atoms with Crippen LogP contribution in [0.15, 0.2) is 54.6 Å². The van der Waals surface area contributed by atoms with Gasteiger partial charge in [-0.25, -0.2) is 0 Å². The zero-order valence-corrected chi connectivity index (χ0v) is 13.2. The molecule has 0 unspecified atom stereocenters. The summed E-state index contributed by atoms with van der Waals surface area (Å²) in [4.78, 5) is 22.1. The topological polar surface area (TPSA) is 98.3 Å². The van der Waals surface area contributed by atoms with Crippen LogP contribution in [0.2, 0.25) is 0 Å². The highest BCUT2D eigenvalue weighted by molar-refractivity contribution is 7.98. The molecule has 7 heteroatoms. The lowest BCUT2D eigenvalue weighted by Crippen LogP contribution is -2.37. The van der Waals surface area contributed by atoms with E-state index in [0.717, 1.165) is 5.75 Å². The summed E-state index contributed by atoms with van der Waals surface area (Å²) in [7, 11) is 0. The number of carbonyl (C=O) groups excluding carboxylic acids is 1. The van der Waals surface area contributed by atoms with Gasteiger partial charge in [0.25, 0.3) is 5.69 Å². The van der Waals surface area contributed by atoms with Gasteiger partial charge in [-0.1, -0.05) is 30.3 Å². The number of nitrogens with zero attached hydrogens (tertiary/aromatic N) is 1. The minimum atomic E-state index is -0.640. The van der Waals surface area contributed by atoms with Gasteiger partial charge in [-0.3, -0.25) is 14.9 Å². The van der Waals surface area contributed by atoms with Gasteiger partial charge >= 0.3 is 0 Å². The monoisotopic (exact) mass is 331 g/mol. The van der Waals surface area contributed by atoms with E-state index >= 15 is 0 Å². The normalized spacial score (nSPS) is 11.7. The van der Waals surface area contributed by atoms with Crippen molar-refractivity contribution in [2.45, 2.75) is 11.8 Å². The fourth-order valence-corrected chi connectivity index (χ4v) is 2.81. The number of non-ortho nitro benzene ring substituents is 1. The summed E-state index contributed by atoms with van der Waals surface area (Å²) in [6.45, 7) is 0. The van der Waals surface area contributed by atoms with Crippen LogP contribution in [-0.2, 0) is 10.5 Å². The fourth-order valence-electron chi connectivity index (χ4n) is 1.86. The molecule has 1 atom stereocenters. The standard InChI is InChI=1S/C16H17N3O3S/c17-15(11-23-10-12-4-2-1-3-5-12)16(20)18-13-6-8-14(9-7-13)19(21)22/h1-9,15H,10-11,17H2,(H,18,20)/t15-/m0/s1. The third kappa shape index (κ3) is 5.39. The van der Waals surface area contributed by atoms with Crippen molar-refractivity contribution in [3.05, 3.63) is 70.3 Å². The molecular formula is C16H17N3O3S. The van der Waals surface area contributed by atoms with Gasteiger partial charge in [-0.15, -0.1) is 0 Å². The number of hydrogen-bond acceptors (Lipinski definition) is 5. The second-order valence-corrected chi connectivity index (χ2v) is 5.93. The number of thioether (sulfide) groups is 1. The van der Waals surface area contributed by atoms with Gasteiger partial charge in [-0.2, -0.15) is 11.8 Å². The van der Waals surface area contributed by atoms with E-state index in [1.165, 1.54) is 29.8 Å². The van der Waals surface area contributed by atoms with Gasteiger partial charge in [0.05, 0.1) is 11.0 Å². The van der Waals surface area contributed by atoms with Crippen molar-refractivity contribution in [1.82, 2.24) is 0 Å². The molecule has 3 N–H and O–H groups in total. The Labute approximate surface area is 138 Å². The third-order valence-corrected chi connectivity index (χ3v) is 4.22. The smallest absolute Gasteiger partial charge is 0.269 e. The summed E-state index contributed by atoms with van der Waals surface area (Å²) in [5.74, 6) is 0.979. The van der Waals surface area contributed by atoms with Crippen LogP contribution < -0.4 is 11.1 Å². The zero-order valence-electron chi connectivity index (χ0n) is 12.3. The molecule has 6 nitrogen and oxygen atoms in total. The molecule has 0 aliphatic rings. The largest absolute Gasteiger partial charge is 0.325 e. The molecule has 1 amide bonds. The molecule has 0 bridgehead atoms. The fraction of sp³-hybridized carbons (Fsp3) is 0.188. The number of carbonyl (C=O) groups is 1. The van der Waals surface area contributed by atoms with Crippen LogP contribution in [-0.4, -0.2) is 22.6 Å². The minimum Gasteiger partial charge on any atom is -0.325 e. The van der Waals surface area contributed by atoms with E-state index in [9.17, 15) is 14.9 Å². The zero-order chi connectivity index (χ0) is 16.7. The Morgan fingerprint density at radius 2 is 1.83 bits per heavy atom. The van der Waals surface area contributed by atoms with Crippen molar-refractivity contribution in [3.63, 3.8) is 0 Å². The van der Waals surface area contributed by atoms with Crippen LogP contribution in [0.25, 0.3) is 0 Å². The molecule has 0 aliphatic heterocycles. The molecule has 0 fully saturated rings. The lowest BCUT2D eigenvalue weighted by atomic mass is 10.2. The van der Waals surface area contributed by atoms with Crippen LogP contribution >= 0.6 is 11.8 Å². The number of amides is 1. The number of nitro benzene ring substituents is 1. The van der Waals surface area contributed by atoms with Crippen molar-refractivity contribution in [3.8, 4) is 0 Å². The summed E-state index contributed by atoms with van der Waals surface area (Å²) in [6, 6.07) is 15.0. The van der Waals surface area contributed by atoms with Crippen LogP contribution in [0.3, 0.4) is 0 Å². The molecule has 0 saturated carbocycles. The van der Waals surface area contributed by atoms with E-state index in [1.807, 2.05) is 30.3 Å². The number of nitrogens with two attached hydrogens (primary N) is 1. The molecule has 2 aromatic carbocycles. The first-order valence-electron chi connectivity index (χ1n) is 6.99. The number of nitrogens with one attached hydrogen (secondary N) is 1. The van der Waals surface area contributed by atoms with E-state index in [4.69, 9.17) is 5.73 Å². The van der Waals surface area contributed by atoms with E-state index in [1.54, 1.807) is 11.8 Å². The van der Waals surface area contributed by atoms with Gasteiger partial charge < -0.3 is 11.1 Å². The third-order valence-electron chi connectivity index (χ3n) is 3.09. The molecule has 23 heavy (non-hydrogen) atoms. The summed E-state index contributed by atoms with van der Waals surface area (Å²) < 4.78 is 0. The lowest BCUT2D eigenvalue weighted by molar-refractivity contribution is -0.384. The molecule has 0 aliphatic carbocycles. The van der Waals surface area contributed by atoms with E-state index in [0.29, 0.717) is 11.4 Å². The second kappa shape index (κ2) is 8.30. The Kier molecular flexibility index (Phi) is 6.13. The van der Waals surface area contributed by atoms with Crippen molar-refractivity contribution >= 4 is 29.0 Å². The highest BCUT2D eigenvalue weighted by Gasteiger charge is 2.14. The van der Waals surface area contributed by atoms with E-state index in [2.05, 4.69) is 5.32 Å². The lowest BCUT2D eigenvalue weighted by Gasteiger charge is -2.12. The van der Waals surface area contributed by atoms with Gasteiger partial charge in [0.2, 0.25) is 5.91 Å². The molecule has 2 aromatic rings. The quantitative estimate of drug-likeness (QED) is 0.600. The second-order valence-electron chi connectivity index (χ2n) is 4.90. The number of anilines is 1. The average molecular weight is 331 g/mol. The van der Waals surface area contributed by atoms with Gasteiger partial charge in [-0.05, 0) is 17.7 Å². The maximum absolute atomic E-state index is 12.0. The maximum atomic E-state index is 12.0. The predicted octanol–water partition coefficient (Wildman–Crippen LogP) is 2.79. The number of hydrogen-bond donors (Lipinski definition) is 2. The Bertz CT molecular complexity index is 662. The molecule has 0 heterocycles. The molecule has 0 aromatic heterocycles. The maximum Gasteiger partial charge on any atom is 0.269 e. The van der Waals surface area contributed by atoms with Crippen molar-refractivity contribution in [2.24, 2.45) is 5.73 Å². The molecule has 120 valence electrons. The molecular weight excluding hydrogens is 314 g/mol. The highest BCUT2D eigenvalue weighted by Crippen LogP contribution is 2.16. The van der Waals surface area contributed by atoms with Crippen molar-refractivity contribution in [1.29, 1.82) is 0 Å². The molecule has 0 saturated heterocycles. The molecule has 2 rings (SSSR count). The Morgan fingerprint density at radius 3 is 2.43 bits per heavy atom. The van der Waals surface area contributed by atoms with Crippen LogP contribution in [0.5, 0.6) is 0 Å². The highest BCUT2D eigenvalue weighted by atomic mass is 32.2. The Morgan fingerprint density at radius 1 is 1.17 bits per heavy atom. The van der Waals surface area contributed by atoms with Crippen LogP contribution in [0.1, 0.15) is 5.56 Å². The summed E-state index contributed by atoms with van der Waals surface area (Å²) >= 11 is 1.58. The summed E-state index contributed by atoms with van der Waals surface area (Å²) in [6.07, 6.45) is 0. The molecule has 0 radical (unpaired) electrons. The SMILES string of the molecule is N[C@@H](CSCc1ccccc1)C(=O)Nc1ccc([N+](=O)[O-])cc1. The predicted molar refractivity (Wildman–Crippen MR) is 92.3 cm³/mol. The number of benzene rings is 2. The van der Waals surface area contributed by atoms with Gasteiger partial charge in [0, 0.05) is 29.3 Å². The summed E-state index contributed by atoms with van der Waals surface area (Å²) in [5, 5.41) is 13.2. The Hall–Kier alpha value is -2.38. The first kappa shape index (κ1) is 17.0. The molecule has 0 spiro atoms. The van der Waals surface area contributed by atoms with Crippen LogP contribution in [0, 0.1) is 10.1 Å². The first-order valence-corrected chi connectivity index (χ1v) is 8.14. The Balaban J connectivity index is 1.79. The van der Waals surface area contributed by atoms with Crippen molar-refractivity contribution in [2.75, 3.05) is 11.1 Å². The summed E-state index contributed by atoms with van der Waals surface area (Å²) in [5.41, 5.74) is 7.51. The number of rotatable bonds is 7.